The van der Waals surface area contributed by atoms with Gasteiger partial charge in [0, 0.05) is 25.5 Å². The molecule has 8 nitrogen and oxygen atoms in total. The standard InChI is InChI=1S/C24H29N7O/c1-15(3-6-22(26-2)30-12-16-9-17(16)13-30)11-31-14-18(10-28-31)24(32)29-21-5-4-20-19(21)7-8-27-23(20)25/h3,6-8,10,14,16-17,21H,2,4-5,9,11-13H2,1H3,(H2,25,27)(H,29,32)/b15-3+,22-6+/t16?,17?,21-/m1/s1. The quantitative estimate of drug-likeness (QED) is 0.518. The van der Waals surface area contributed by atoms with E-state index in [0.717, 1.165) is 60.3 Å². The molecule has 2 aliphatic carbocycles. The number of amides is 1. The third-order valence-corrected chi connectivity index (χ3v) is 6.78. The molecule has 0 radical (unpaired) electrons. The molecule has 1 aliphatic heterocycles. The van der Waals surface area contributed by atoms with E-state index in [9.17, 15) is 4.79 Å². The van der Waals surface area contributed by atoms with Gasteiger partial charge in [-0.2, -0.15) is 5.10 Å². The van der Waals surface area contributed by atoms with Gasteiger partial charge in [0.05, 0.1) is 24.3 Å². The fourth-order valence-corrected chi connectivity index (χ4v) is 4.89. The molecule has 2 aromatic heterocycles. The Labute approximate surface area is 187 Å². The smallest absolute Gasteiger partial charge is 0.254 e. The number of nitrogen functional groups attached to an aromatic ring is 1. The summed E-state index contributed by atoms with van der Waals surface area (Å²) in [6.45, 7) is 8.57. The van der Waals surface area contributed by atoms with Gasteiger partial charge < -0.3 is 16.0 Å². The first-order valence-electron chi connectivity index (χ1n) is 11.2. The largest absolute Gasteiger partial charge is 0.383 e. The molecule has 0 spiro atoms. The van der Waals surface area contributed by atoms with Crippen LogP contribution in [0.5, 0.6) is 0 Å². The number of hydrogen-bond acceptors (Lipinski definition) is 6. The molecule has 1 amide bonds. The zero-order valence-electron chi connectivity index (χ0n) is 18.4. The van der Waals surface area contributed by atoms with Crippen molar-refractivity contribution in [1.29, 1.82) is 0 Å². The van der Waals surface area contributed by atoms with Crippen molar-refractivity contribution < 1.29 is 4.79 Å². The number of nitrogens with zero attached hydrogens (tertiary/aromatic N) is 5. The third-order valence-electron chi connectivity index (χ3n) is 6.78. The van der Waals surface area contributed by atoms with Gasteiger partial charge in [-0.1, -0.05) is 11.6 Å². The van der Waals surface area contributed by atoms with Crippen molar-refractivity contribution in [3.05, 3.63) is 64.9 Å². The maximum Gasteiger partial charge on any atom is 0.254 e. The van der Waals surface area contributed by atoms with Crippen molar-refractivity contribution in [3.8, 4) is 0 Å². The van der Waals surface area contributed by atoms with Gasteiger partial charge in [-0.3, -0.25) is 9.48 Å². The van der Waals surface area contributed by atoms with Gasteiger partial charge >= 0.3 is 0 Å². The van der Waals surface area contributed by atoms with Gasteiger partial charge in [-0.15, -0.1) is 0 Å². The van der Waals surface area contributed by atoms with E-state index in [4.69, 9.17) is 5.73 Å². The first kappa shape index (κ1) is 20.5. The van der Waals surface area contributed by atoms with Crippen molar-refractivity contribution in [2.45, 2.75) is 38.8 Å². The number of likely N-dealkylation sites (tertiary alicyclic amines) is 1. The molecule has 3 heterocycles. The zero-order chi connectivity index (χ0) is 22.2. The van der Waals surface area contributed by atoms with Crippen LogP contribution in [0.3, 0.4) is 0 Å². The number of piperidine rings is 1. The molecule has 0 aromatic carbocycles. The first-order chi connectivity index (χ1) is 15.5. The highest BCUT2D eigenvalue weighted by atomic mass is 16.1. The Morgan fingerprint density at radius 3 is 2.97 bits per heavy atom. The molecular formula is C24H29N7O. The molecule has 1 saturated heterocycles. The molecule has 2 aromatic rings. The average Bonchev–Trinajstić information content (AvgIpc) is 3.16. The van der Waals surface area contributed by atoms with Crippen LogP contribution in [-0.2, 0) is 13.0 Å². The Bertz CT molecular complexity index is 1110. The number of pyridine rings is 1. The van der Waals surface area contributed by atoms with E-state index in [0.29, 0.717) is 17.9 Å². The van der Waals surface area contributed by atoms with E-state index in [1.54, 1.807) is 23.3 Å². The van der Waals surface area contributed by atoms with Gasteiger partial charge in [0.1, 0.15) is 11.6 Å². The van der Waals surface area contributed by atoms with Crippen LogP contribution in [0.15, 0.2) is 53.2 Å². The monoisotopic (exact) mass is 431 g/mol. The van der Waals surface area contributed by atoms with Crippen LogP contribution in [0.4, 0.5) is 5.82 Å². The Morgan fingerprint density at radius 1 is 1.38 bits per heavy atom. The Kier molecular flexibility index (Phi) is 5.28. The number of nitrogens with two attached hydrogens (primary N) is 1. The summed E-state index contributed by atoms with van der Waals surface area (Å²) in [6, 6.07) is 1.89. The van der Waals surface area contributed by atoms with E-state index in [-0.39, 0.29) is 11.9 Å². The maximum absolute atomic E-state index is 12.8. The van der Waals surface area contributed by atoms with Gasteiger partial charge in [-0.05, 0) is 68.0 Å². The number of rotatable bonds is 7. The highest BCUT2D eigenvalue weighted by Crippen LogP contribution is 2.46. The molecule has 3 atom stereocenters. The summed E-state index contributed by atoms with van der Waals surface area (Å²) < 4.78 is 1.78. The summed E-state index contributed by atoms with van der Waals surface area (Å²) in [6.07, 6.45) is 12.2. The zero-order valence-corrected chi connectivity index (χ0v) is 18.4. The molecular weight excluding hydrogens is 402 g/mol. The Balaban J connectivity index is 1.20. The Hall–Kier alpha value is -3.42. The summed E-state index contributed by atoms with van der Waals surface area (Å²) in [5, 5.41) is 7.48. The average molecular weight is 432 g/mol. The van der Waals surface area contributed by atoms with Crippen molar-refractivity contribution in [1.82, 2.24) is 25.0 Å². The topological polar surface area (TPSA) is 101 Å². The number of fused-ring (bicyclic) bond motifs is 2. The molecule has 3 aliphatic rings. The van der Waals surface area contributed by atoms with Gasteiger partial charge in [0.25, 0.3) is 5.91 Å². The lowest BCUT2D eigenvalue weighted by Crippen LogP contribution is -2.26. The van der Waals surface area contributed by atoms with E-state index < -0.39 is 0 Å². The highest BCUT2D eigenvalue weighted by Gasteiger charge is 2.45. The van der Waals surface area contributed by atoms with Crippen LogP contribution >= 0.6 is 0 Å². The SMILES string of the molecule is C=N/C(=C\C=C(/C)Cn1cc(C(=O)N[C@@H]2CCc3c2ccnc3N)cn1)N1CC2CC2C1. The number of aliphatic imine (C=N–C) groups is 1. The number of carbonyl (C=O) groups is 1. The number of aromatic nitrogens is 3. The second kappa shape index (κ2) is 8.26. The molecule has 32 heavy (non-hydrogen) atoms. The highest BCUT2D eigenvalue weighted by molar-refractivity contribution is 5.94. The summed E-state index contributed by atoms with van der Waals surface area (Å²) in [7, 11) is 0. The predicted molar refractivity (Wildman–Crippen MR) is 124 cm³/mol. The summed E-state index contributed by atoms with van der Waals surface area (Å²) in [5.41, 5.74) is 9.74. The number of allylic oxidation sites excluding steroid dienone is 3. The van der Waals surface area contributed by atoms with Crippen LogP contribution < -0.4 is 11.1 Å². The molecule has 166 valence electrons. The summed E-state index contributed by atoms with van der Waals surface area (Å²) in [5.74, 6) is 3.07. The number of hydrogen-bond donors (Lipinski definition) is 2. The number of nitrogens with one attached hydrogen (secondary N) is 1. The van der Waals surface area contributed by atoms with Gasteiger partial charge in [0.2, 0.25) is 0 Å². The molecule has 2 fully saturated rings. The van der Waals surface area contributed by atoms with Crippen LogP contribution in [0, 0.1) is 11.8 Å². The predicted octanol–water partition coefficient (Wildman–Crippen LogP) is 2.72. The van der Waals surface area contributed by atoms with Crippen LogP contribution in [0.2, 0.25) is 0 Å². The van der Waals surface area contributed by atoms with E-state index in [1.807, 2.05) is 19.1 Å². The van der Waals surface area contributed by atoms with Gasteiger partial charge in [-0.25, -0.2) is 9.98 Å². The van der Waals surface area contributed by atoms with Crippen molar-refractivity contribution in [2.75, 3.05) is 18.8 Å². The third kappa shape index (κ3) is 4.04. The molecule has 8 heteroatoms. The van der Waals surface area contributed by atoms with Crippen LogP contribution in [0.1, 0.15) is 47.3 Å². The molecule has 0 bridgehead atoms. The first-order valence-corrected chi connectivity index (χ1v) is 11.2. The number of anilines is 1. The Morgan fingerprint density at radius 2 is 2.19 bits per heavy atom. The fraction of sp³-hybridized carbons (Fsp3) is 0.417. The minimum absolute atomic E-state index is 0.0423. The lowest BCUT2D eigenvalue weighted by atomic mass is 10.1. The summed E-state index contributed by atoms with van der Waals surface area (Å²) in [4.78, 5) is 23.4. The minimum atomic E-state index is -0.128. The molecule has 5 rings (SSSR count). The molecule has 2 unspecified atom stereocenters. The lowest BCUT2D eigenvalue weighted by Gasteiger charge is -2.19. The van der Waals surface area contributed by atoms with Crippen molar-refractivity contribution in [2.24, 2.45) is 16.8 Å². The fourth-order valence-electron chi connectivity index (χ4n) is 4.89. The second-order valence-corrected chi connectivity index (χ2v) is 9.11. The lowest BCUT2D eigenvalue weighted by molar-refractivity contribution is 0.0936. The minimum Gasteiger partial charge on any atom is -0.383 e. The number of carbonyl (C=O) groups excluding carboxylic acids is 1. The normalized spacial score (nSPS) is 24.3. The second-order valence-electron chi connectivity index (χ2n) is 9.11. The van der Waals surface area contributed by atoms with Crippen molar-refractivity contribution >= 4 is 18.4 Å². The molecule has 1 saturated carbocycles. The van der Waals surface area contributed by atoms with Crippen molar-refractivity contribution in [3.63, 3.8) is 0 Å². The van der Waals surface area contributed by atoms with Crippen LogP contribution in [-0.4, -0.2) is 45.4 Å². The van der Waals surface area contributed by atoms with Crippen LogP contribution in [0.25, 0.3) is 0 Å². The van der Waals surface area contributed by atoms with Gasteiger partial charge in [0.15, 0.2) is 0 Å². The van der Waals surface area contributed by atoms with E-state index in [2.05, 4.69) is 38.1 Å². The maximum atomic E-state index is 12.8. The summed E-state index contributed by atoms with van der Waals surface area (Å²) >= 11 is 0. The van der Waals surface area contributed by atoms with E-state index in [1.165, 1.54) is 6.42 Å². The van der Waals surface area contributed by atoms with E-state index >= 15 is 0 Å². The molecule has 3 N–H and O–H groups in total.